The van der Waals surface area contributed by atoms with Crippen molar-refractivity contribution in [2.45, 2.75) is 39.3 Å². The van der Waals surface area contributed by atoms with Gasteiger partial charge in [0.05, 0.1) is 18.7 Å². The smallest absolute Gasteiger partial charge is 0.244 e. The SMILES string of the molecule is C=C(c1ccc(CC(F)F)nc1)c1cnc(NCC(C)(C)F)nc1C. The number of alkyl halides is 3. The van der Waals surface area contributed by atoms with Gasteiger partial charge in [-0.1, -0.05) is 12.6 Å². The second-order valence-corrected chi connectivity index (χ2v) is 6.38. The van der Waals surface area contributed by atoms with E-state index in [0.29, 0.717) is 34.0 Å². The molecule has 0 fully saturated rings. The molecule has 25 heavy (non-hydrogen) atoms. The van der Waals surface area contributed by atoms with Crippen LogP contribution in [0.3, 0.4) is 0 Å². The van der Waals surface area contributed by atoms with Crippen molar-refractivity contribution in [1.29, 1.82) is 0 Å². The number of hydrogen-bond donors (Lipinski definition) is 1. The molecule has 4 nitrogen and oxygen atoms in total. The van der Waals surface area contributed by atoms with Crippen molar-refractivity contribution in [3.8, 4) is 0 Å². The summed E-state index contributed by atoms with van der Waals surface area (Å²) in [6.07, 6.45) is 0.314. The van der Waals surface area contributed by atoms with Crippen molar-refractivity contribution in [3.63, 3.8) is 0 Å². The van der Waals surface area contributed by atoms with Crippen molar-refractivity contribution >= 4 is 11.5 Å². The lowest BCUT2D eigenvalue weighted by atomic mass is 10.0. The lowest BCUT2D eigenvalue weighted by Crippen LogP contribution is -2.25. The lowest BCUT2D eigenvalue weighted by Gasteiger charge is -2.16. The summed E-state index contributed by atoms with van der Waals surface area (Å²) in [4.78, 5) is 12.5. The molecule has 7 heteroatoms. The molecule has 0 radical (unpaired) electrons. The molecule has 1 N–H and O–H groups in total. The van der Waals surface area contributed by atoms with Crippen molar-refractivity contribution < 1.29 is 13.2 Å². The van der Waals surface area contributed by atoms with E-state index in [1.165, 1.54) is 20.0 Å². The van der Waals surface area contributed by atoms with Gasteiger partial charge in [0.2, 0.25) is 12.4 Å². The summed E-state index contributed by atoms with van der Waals surface area (Å²) < 4.78 is 38.3. The Morgan fingerprint density at radius 1 is 1.24 bits per heavy atom. The Morgan fingerprint density at radius 3 is 2.48 bits per heavy atom. The van der Waals surface area contributed by atoms with Gasteiger partial charge in [-0.2, -0.15) is 0 Å². The Balaban J connectivity index is 2.13. The van der Waals surface area contributed by atoms with Crippen LogP contribution in [0, 0.1) is 6.92 Å². The first kappa shape index (κ1) is 18.9. The Hall–Kier alpha value is -2.44. The van der Waals surface area contributed by atoms with Crippen molar-refractivity contribution in [3.05, 3.63) is 53.6 Å². The number of aryl methyl sites for hydroxylation is 1. The Labute approximate surface area is 145 Å². The zero-order valence-corrected chi connectivity index (χ0v) is 14.5. The molecule has 2 aromatic rings. The lowest BCUT2D eigenvalue weighted by molar-refractivity contribution is 0.148. The zero-order valence-electron chi connectivity index (χ0n) is 14.5. The molecule has 0 spiro atoms. The summed E-state index contributed by atoms with van der Waals surface area (Å²) >= 11 is 0. The van der Waals surface area contributed by atoms with Crippen molar-refractivity contribution in [2.75, 3.05) is 11.9 Å². The van der Waals surface area contributed by atoms with Crippen LogP contribution < -0.4 is 5.32 Å². The summed E-state index contributed by atoms with van der Waals surface area (Å²) in [6, 6.07) is 3.26. The van der Waals surface area contributed by atoms with Gasteiger partial charge in [-0.15, -0.1) is 0 Å². The molecule has 2 aromatic heterocycles. The van der Waals surface area contributed by atoms with Gasteiger partial charge in [-0.3, -0.25) is 4.98 Å². The fraction of sp³-hybridized carbons (Fsp3) is 0.389. The highest BCUT2D eigenvalue weighted by Crippen LogP contribution is 2.23. The van der Waals surface area contributed by atoms with E-state index in [9.17, 15) is 13.2 Å². The Kier molecular flexibility index (Phi) is 5.77. The van der Waals surface area contributed by atoms with Crippen LogP contribution in [0.15, 0.2) is 31.1 Å². The summed E-state index contributed by atoms with van der Waals surface area (Å²) in [7, 11) is 0. The minimum atomic E-state index is -2.42. The van der Waals surface area contributed by atoms with Crippen LogP contribution >= 0.6 is 0 Å². The predicted molar refractivity (Wildman–Crippen MR) is 92.5 cm³/mol. The molecule has 0 bridgehead atoms. The van der Waals surface area contributed by atoms with Gasteiger partial charge in [0.15, 0.2) is 0 Å². The second kappa shape index (κ2) is 7.63. The number of nitrogens with zero attached hydrogens (tertiary/aromatic N) is 3. The van der Waals surface area contributed by atoms with Gasteiger partial charge in [-0.25, -0.2) is 23.1 Å². The topological polar surface area (TPSA) is 50.7 Å². The predicted octanol–water partition coefficient (Wildman–Crippen LogP) is 4.21. The van der Waals surface area contributed by atoms with Gasteiger partial charge in [-0.05, 0) is 32.4 Å². The van der Waals surface area contributed by atoms with Crippen LogP contribution in [0.5, 0.6) is 0 Å². The van der Waals surface area contributed by atoms with E-state index >= 15 is 0 Å². The van der Waals surface area contributed by atoms with Crippen LogP contribution in [0.2, 0.25) is 0 Å². The largest absolute Gasteiger partial charge is 0.351 e. The zero-order chi connectivity index (χ0) is 18.6. The maximum absolute atomic E-state index is 13.5. The fourth-order valence-corrected chi connectivity index (χ4v) is 2.18. The van der Waals surface area contributed by atoms with Crippen molar-refractivity contribution in [2.24, 2.45) is 0 Å². The molecular weight excluding hydrogens is 329 g/mol. The maximum Gasteiger partial charge on any atom is 0.244 e. The first-order valence-electron chi connectivity index (χ1n) is 7.85. The monoisotopic (exact) mass is 350 g/mol. The minimum absolute atomic E-state index is 0.0995. The van der Waals surface area contributed by atoms with Gasteiger partial charge in [0.25, 0.3) is 0 Å². The fourth-order valence-electron chi connectivity index (χ4n) is 2.18. The van der Waals surface area contributed by atoms with Crippen LogP contribution in [0.4, 0.5) is 19.1 Å². The molecule has 0 aliphatic rings. The molecule has 2 rings (SSSR count). The normalized spacial score (nSPS) is 11.6. The molecule has 134 valence electrons. The van der Waals surface area contributed by atoms with Gasteiger partial charge in [0.1, 0.15) is 5.67 Å². The van der Waals surface area contributed by atoms with E-state index in [-0.39, 0.29) is 13.0 Å². The summed E-state index contributed by atoms with van der Waals surface area (Å²) in [5, 5.41) is 2.85. The van der Waals surface area contributed by atoms with Crippen molar-refractivity contribution in [1.82, 2.24) is 15.0 Å². The van der Waals surface area contributed by atoms with Gasteiger partial charge < -0.3 is 5.32 Å². The maximum atomic E-state index is 13.5. The molecule has 0 unspecified atom stereocenters. The molecule has 0 aromatic carbocycles. The third-order valence-corrected chi connectivity index (χ3v) is 3.51. The van der Waals surface area contributed by atoms with Crippen LogP contribution in [-0.2, 0) is 6.42 Å². The van der Waals surface area contributed by atoms with E-state index in [1.807, 2.05) is 0 Å². The Morgan fingerprint density at radius 2 is 1.96 bits per heavy atom. The molecule has 0 saturated heterocycles. The molecule has 0 aliphatic carbocycles. The third kappa shape index (κ3) is 5.55. The van der Waals surface area contributed by atoms with E-state index in [2.05, 4.69) is 26.8 Å². The first-order chi connectivity index (χ1) is 11.7. The van der Waals surface area contributed by atoms with E-state index in [4.69, 9.17) is 0 Å². The number of halogens is 3. The third-order valence-electron chi connectivity index (χ3n) is 3.51. The highest BCUT2D eigenvalue weighted by atomic mass is 19.3. The Bertz CT molecular complexity index is 737. The molecule has 0 atom stereocenters. The van der Waals surface area contributed by atoms with E-state index in [0.717, 1.165) is 0 Å². The molecular formula is C18H21F3N4. The number of aromatic nitrogens is 3. The van der Waals surface area contributed by atoms with Gasteiger partial charge >= 0.3 is 0 Å². The highest BCUT2D eigenvalue weighted by molar-refractivity contribution is 5.78. The number of nitrogens with one attached hydrogen (secondary N) is 1. The molecule has 2 heterocycles. The van der Waals surface area contributed by atoms with Crippen LogP contribution in [0.1, 0.15) is 36.4 Å². The quantitative estimate of drug-likeness (QED) is 0.813. The highest BCUT2D eigenvalue weighted by Gasteiger charge is 2.16. The number of hydrogen-bond acceptors (Lipinski definition) is 4. The van der Waals surface area contributed by atoms with Crippen LogP contribution in [0.25, 0.3) is 5.57 Å². The summed E-state index contributed by atoms with van der Waals surface area (Å²) in [5.41, 5.74) is 1.70. The summed E-state index contributed by atoms with van der Waals surface area (Å²) in [6.45, 7) is 8.84. The second-order valence-electron chi connectivity index (χ2n) is 6.38. The van der Waals surface area contributed by atoms with E-state index in [1.54, 1.807) is 25.3 Å². The average molecular weight is 350 g/mol. The summed E-state index contributed by atoms with van der Waals surface area (Å²) in [5.74, 6) is 0.338. The molecule has 0 saturated carbocycles. The van der Waals surface area contributed by atoms with E-state index < -0.39 is 12.1 Å². The minimum Gasteiger partial charge on any atom is -0.351 e. The van der Waals surface area contributed by atoms with Crippen LogP contribution in [-0.4, -0.2) is 33.6 Å². The first-order valence-corrected chi connectivity index (χ1v) is 7.85. The number of pyridine rings is 1. The molecule has 0 amide bonds. The standard InChI is InChI=1S/C18H21F3N4/c1-11(13-5-6-14(22-8-13)7-16(19)20)15-9-23-17(25-12(15)2)24-10-18(3,4)21/h5-6,8-9,16H,1,7,10H2,2-4H3,(H,23,24,25). The average Bonchev–Trinajstić information content (AvgIpc) is 2.52. The molecule has 0 aliphatic heterocycles. The number of anilines is 1. The number of rotatable bonds is 7. The van der Waals surface area contributed by atoms with Gasteiger partial charge in [0, 0.05) is 29.2 Å².